The van der Waals surface area contributed by atoms with E-state index >= 15 is 0 Å². The minimum Gasteiger partial charge on any atom is -0.335 e. The first-order chi connectivity index (χ1) is 15.1. The zero-order valence-corrected chi connectivity index (χ0v) is 18.2. The number of carbonyl (C=O) groups excluding carboxylic acids is 1. The number of benzene rings is 2. The first-order valence-electron chi connectivity index (χ1n) is 11.3. The van der Waals surface area contributed by atoms with Gasteiger partial charge in [-0.3, -0.25) is 14.8 Å². The molecule has 3 atom stereocenters. The molecule has 0 bridgehead atoms. The molecule has 2 aliphatic rings. The minimum absolute atomic E-state index is 0.0282. The quantitative estimate of drug-likeness (QED) is 0.675. The summed E-state index contributed by atoms with van der Waals surface area (Å²) in [4.78, 5) is 17.7. The molecule has 31 heavy (non-hydrogen) atoms. The van der Waals surface area contributed by atoms with Crippen LogP contribution in [0.4, 0.5) is 0 Å². The summed E-state index contributed by atoms with van der Waals surface area (Å²) in [5.41, 5.74) is 4.77. The van der Waals surface area contributed by atoms with E-state index in [0.717, 1.165) is 31.9 Å². The molecule has 2 saturated heterocycles. The lowest BCUT2D eigenvalue weighted by Crippen LogP contribution is -2.37. The van der Waals surface area contributed by atoms with E-state index in [1.54, 1.807) is 0 Å². The Morgan fingerprint density at radius 3 is 2.45 bits per heavy atom. The van der Waals surface area contributed by atoms with Crippen molar-refractivity contribution in [2.45, 2.75) is 26.4 Å². The van der Waals surface area contributed by atoms with Crippen LogP contribution in [0.1, 0.15) is 31.0 Å². The summed E-state index contributed by atoms with van der Waals surface area (Å²) >= 11 is 0. The highest BCUT2D eigenvalue weighted by Gasteiger charge is 2.49. The van der Waals surface area contributed by atoms with Crippen LogP contribution in [0.2, 0.25) is 0 Å². The Kier molecular flexibility index (Phi) is 5.36. The lowest BCUT2D eigenvalue weighted by Gasteiger charge is -2.31. The summed E-state index contributed by atoms with van der Waals surface area (Å²) in [6.45, 7) is 7.78. The summed E-state index contributed by atoms with van der Waals surface area (Å²) in [7, 11) is 0. The number of nitrogens with one attached hydrogen (secondary N) is 1. The van der Waals surface area contributed by atoms with Crippen molar-refractivity contribution in [2.24, 2.45) is 17.8 Å². The first-order valence-corrected chi connectivity index (χ1v) is 11.3. The maximum Gasteiger partial charge on any atom is 0.225 e. The van der Waals surface area contributed by atoms with Crippen LogP contribution in [0.15, 0.2) is 66.9 Å². The molecular formula is C26H30N4O. The molecule has 3 heterocycles. The number of aromatic amines is 1. The maximum absolute atomic E-state index is 13.0. The van der Waals surface area contributed by atoms with Gasteiger partial charge in [0.25, 0.3) is 0 Å². The van der Waals surface area contributed by atoms with E-state index in [-0.39, 0.29) is 17.9 Å². The fourth-order valence-corrected chi connectivity index (χ4v) is 5.43. The minimum atomic E-state index is 0.0282. The Morgan fingerprint density at radius 2 is 1.74 bits per heavy atom. The predicted molar refractivity (Wildman–Crippen MR) is 122 cm³/mol. The number of rotatable bonds is 5. The molecule has 0 saturated carbocycles. The third-order valence-electron chi connectivity index (χ3n) is 6.83. The molecule has 2 fully saturated rings. The number of carbonyl (C=O) groups is 1. The lowest BCUT2D eigenvalue weighted by atomic mass is 9.89. The molecule has 0 unspecified atom stereocenters. The second-order valence-electron chi connectivity index (χ2n) is 9.26. The SMILES string of the molecule is CC(C)C(=O)N1C[C@@H]2CN(Cc3cn[nH]c3-c3ccccc3)C[C@@H]2[C@H]1c1ccccc1. The number of amides is 1. The molecule has 0 spiro atoms. The Morgan fingerprint density at radius 1 is 1.03 bits per heavy atom. The zero-order chi connectivity index (χ0) is 21.4. The van der Waals surface area contributed by atoms with Crippen LogP contribution < -0.4 is 0 Å². The zero-order valence-electron chi connectivity index (χ0n) is 18.2. The highest BCUT2D eigenvalue weighted by molar-refractivity contribution is 5.79. The largest absolute Gasteiger partial charge is 0.335 e. The van der Waals surface area contributed by atoms with Crippen LogP contribution in [-0.4, -0.2) is 45.5 Å². The summed E-state index contributed by atoms with van der Waals surface area (Å²) < 4.78 is 0. The van der Waals surface area contributed by atoms with Gasteiger partial charge >= 0.3 is 0 Å². The molecule has 0 aliphatic carbocycles. The molecule has 160 valence electrons. The molecule has 1 amide bonds. The number of nitrogens with zero attached hydrogens (tertiary/aromatic N) is 3. The van der Waals surface area contributed by atoms with Crippen molar-refractivity contribution in [3.8, 4) is 11.3 Å². The molecule has 2 aliphatic heterocycles. The van der Waals surface area contributed by atoms with Crippen molar-refractivity contribution in [3.05, 3.63) is 78.0 Å². The molecule has 5 rings (SSSR count). The van der Waals surface area contributed by atoms with E-state index < -0.39 is 0 Å². The molecule has 1 aromatic heterocycles. The maximum atomic E-state index is 13.0. The Hall–Kier alpha value is -2.92. The number of aromatic nitrogens is 2. The van der Waals surface area contributed by atoms with Gasteiger partial charge in [0.1, 0.15) is 0 Å². The average Bonchev–Trinajstić information content (AvgIpc) is 3.49. The molecule has 1 N–H and O–H groups in total. The van der Waals surface area contributed by atoms with Gasteiger partial charge in [0.05, 0.1) is 17.9 Å². The van der Waals surface area contributed by atoms with Crippen molar-refractivity contribution in [2.75, 3.05) is 19.6 Å². The number of H-pyrrole nitrogens is 1. The van der Waals surface area contributed by atoms with Gasteiger partial charge in [0.15, 0.2) is 0 Å². The van der Waals surface area contributed by atoms with Gasteiger partial charge in [0.2, 0.25) is 5.91 Å². The third kappa shape index (κ3) is 3.79. The smallest absolute Gasteiger partial charge is 0.225 e. The van der Waals surface area contributed by atoms with Crippen LogP contribution in [0.5, 0.6) is 0 Å². The Bertz CT molecular complexity index is 1030. The number of likely N-dealkylation sites (tertiary alicyclic amines) is 2. The second-order valence-corrected chi connectivity index (χ2v) is 9.26. The van der Waals surface area contributed by atoms with E-state index in [4.69, 9.17) is 0 Å². The van der Waals surface area contributed by atoms with Crippen LogP contribution in [-0.2, 0) is 11.3 Å². The predicted octanol–water partition coefficient (Wildman–Crippen LogP) is 4.36. The Labute approximate surface area is 184 Å². The lowest BCUT2D eigenvalue weighted by molar-refractivity contribution is -0.136. The van der Waals surface area contributed by atoms with Crippen molar-refractivity contribution in [1.82, 2.24) is 20.0 Å². The average molecular weight is 415 g/mol. The Balaban J connectivity index is 1.37. The van der Waals surface area contributed by atoms with Gasteiger partial charge < -0.3 is 4.90 Å². The van der Waals surface area contributed by atoms with Gasteiger partial charge in [-0.05, 0) is 17.0 Å². The van der Waals surface area contributed by atoms with Crippen LogP contribution in [0.3, 0.4) is 0 Å². The van der Waals surface area contributed by atoms with Gasteiger partial charge in [-0.25, -0.2) is 0 Å². The normalized spacial score (nSPS) is 23.5. The van der Waals surface area contributed by atoms with Crippen LogP contribution in [0.25, 0.3) is 11.3 Å². The van der Waals surface area contributed by atoms with Crippen molar-refractivity contribution in [3.63, 3.8) is 0 Å². The van der Waals surface area contributed by atoms with E-state index in [1.807, 2.05) is 26.1 Å². The van der Waals surface area contributed by atoms with E-state index in [1.165, 1.54) is 16.7 Å². The highest BCUT2D eigenvalue weighted by atomic mass is 16.2. The molecule has 3 aromatic rings. The monoisotopic (exact) mass is 414 g/mol. The highest BCUT2D eigenvalue weighted by Crippen LogP contribution is 2.45. The van der Waals surface area contributed by atoms with E-state index in [2.05, 4.69) is 74.6 Å². The fraction of sp³-hybridized carbons (Fsp3) is 0.385. The van der Waals surface area contributed by atoms with Gasteiger partial charge in [-0.1, -0.05) is 74.5 Å². The van der Waals surface area contributed by atoms with E-state index in [9.17, 15) is 4.79 Å². The molecule has 0 radical (unpaired) electrons. The standard InChI is InChI=1S/C26H30N4O/c1-18(2)26(31)30-16-22-15-29(17-23(22)25(30)20-11-7-4-8-12-20)14-21-13-27-28-24(21)19-9-5-3-6-10-19/h3-13,18,22-23,25H,14-17H2,1-2H3,(H,27,28)/t22-,23-,25+/m0/s1. The summed E-state index contributed by atoms with van der Waals surface area (Å²) in [6, 6.07) is 21.2. The number of hydrogen-bond acceptors (Lipinski definition) is 3. The van der Waals surface area contributed by atoms with Gasteiger partial charge in [0, 0.05) is 43.6 Å². The van der Waals surface area contributed by atoms with Gasteiger partial charge in [-0.15, -0.1) is 0 Å². The van der Waals surface area contributed by atoms with Crippen LogP contribution in [0, 0.1) is 17.8 Å². The molecule has 5 nitrogen and oxygen atoms in total. The van der Waals surface area contributed by atoms with Crippen LogP contribution >= 0.6 is 0 Å². The van der Waals surface area contributed by atoms with Crippen molar-refractivity contribution >= 4 is 5.91 Å². The van der Waals surface area contributed by atoms with E-state index in [0.29, 0.717) is 11.8 Å². The summed E-state index contributed by atoms with van der Waals surface area (Å²) in [6.07, 6.45) is 1.96. The van der Waals surface area contributed by atoms with Crippen molar-refractivity contribution < 1.29 is 4.79 Å². The molecule has 5 heteroatoms. The fourth-order valence-electron chi connectivity index (χ4n) is 5.43. The summed E-state index contributed by atoms with van der Waals surface area (Å²) in [5.74, 6) is 1.29. The number of hydrogen-bond donors (Lipinski definition) is 1. The second kappa shape index (κ2) is 8.31. The first kappa shape index (κ1) is 20.0. The molecular weight excluding hydrogens is 384 g/mol. The van der Waals surface area contributed by atoms with Gasteiger partial charge in [-0.2, -0.15) is 5.10 Å². The summed E-state index contributed by atoms with van der Waals surface area (Å²) in [5, 5.41) is 7.51. The molecule has 2 aromatic carbocycles. The topological polar surface area (TPSA) is 52.2 Å². The third-order valence-corrected chi connectivity index (χ3v) is 6.83. The van der Waals surface area contributed by atoms with Crippen molar-refractivity contribution in [1.29, 1.82) is 0 Å². The number of fused-ring (bicyclic) bond motifs is 1.